The standard InChI is InChI=1S/C15H23FN2O5S/c16-14-11-6-10(23-9-3-4-9)2-1-8(11)5-12(19)15(14)18-7-13(20)17-24(18,21)22/h8-12,14-15,19H,1-7H2,(H,17,20). The van der Waals surface area contributed by atoms with E-state index < -0.39 is 41.0 Å². The molecule has 0 aromatic rings. The predicted molar refractivity (Wildman–Crippen MR) is 81.8 cm³/mol. The van der Waals surface area contributed by atoms with Crippen molar-refractivity contribution >= 4 is 16.1 Å². The maximum atomic E-state index is 15.2. The van der Waals surface area contributed by atoms with Crippen molar-refractivity contribution in [3.8, 4) is 0 Å². The number of amides is 1. The molecular formula is C15H23FN2O5S. The first-order valence-corrected chi connectivity index (χ1v) is 10.1. The summed E-state index contributed by atoms with van der Waals surface area (Å²) in [6.45, 7) is -0.427. The van der Waals surface area contributed by atoms with Crippen LogP contribution in [-0.4, -0.2) is 60.8 Å². The van der Waals surface area contributed by atoms with Crippen LogP contribution >= 0.6 is 0 Å². The molecule has 2 N–H and O–H groups in total. The highest BCUT2D eigenvalue weighted by Crippen LogP contribution is 2.45. The molecule has 9 heteroatoms. The van der Waals surface area contributed by atoms with Gasteiger partial charge in [-0.05, 0) is 50.4 Å². The molecule has 7 nitrogen and oxygen atoms in total. The van der Waals surface area contributed by atoms with E-state index in [-0.39, 0.29) is 17.9 Å². The molecule has 3 aliphatic carbocycles. The molecule has 136 valence electrons. The minimum atomic E-state index is -4.06. The fourth-order valence-electron chi connectivity index (χ4n) is 4.50. The van der Waals surface area contributed by atoms with Crippen LogP contribution in [0.15, 0.2) is 0 Å². The normalized spacial score (nSPS) is 45.7. The summed E-state index contributed by atoms with van der Waals surface area (Å²) in [6.07, 6.45) is 2.43. The van der Waals surface area contributed by atoms with Gasteiger partial charge in [0, 0.05) is 0 Å². The quantitative estimate of drug-likeness (QED) is 0.742. The molecule has 24 heavy (non-hydrogen) atoms. The lowest BCUT2D eigenvalue weighted by Gasteiger charge is -2.47. The fourth-order valence-corrected chi connectivity index (χ4v) is 5.84. The third-order valence-electron chi connectivity index (χ3n) is 5.77. The van der Waals surface area contributed by atoms with Crippen molar-refractivity contribution in [2.75, 3.05) is 6.54 Å². The van der Waals surface area contributed by atoms with Crippen molar-refractivity contribution in [2.24, 2.45) is 11.8 Å². The lowest BCUT2D eigenvalue weighted by molar-refractivity contribution is -0.120. The Labute approximate surface area is 140 Å². The van der Waals surface area contributed by atoms with Crippen molar-refractivity contribution < 1.29 is 27.4 Å². The summed E-state index contributed by atoms with van der Waals surface area (Å²) in [4.78, 5) is 11.4. The van der Waals surface area contributed by atoms with Crippen molar-refractivity contribution in [2.45, 2.75) is 69.1 Å². The molecule has 1 heterocycles. The van der Waals surface area contributed by atoms with Gasteiger partial charge in [-0.2, -0.15) is 12.7 Å². The number of fused-ring (bicyclic) bond motifs is 1. The Morgan fingerprint density at radius 3 is 2.50 bits per heavy atom. The van der Waals surface area contributed by atoms with Crippen molar-refractivity contribution in [1.29, 1.82) is 0 Å². The van der Waals surface area contributed by atoms with E-state index in [1.165, 1.54) is 0 Å². The molecule has 1 amide bonds. The van der Waals surface area contributed by atoms with Gasteiger partial charge >= 0.3 is 10.2 Å². The van der Waals surface area contributed by atoms with E-state index in [4.69, 9.17) is 4.74 Å². The summed E-state index contributed by atoms with van der Waals surface area (Å²) in [5, 5.41) is 10.4. The first-order chi connectivity index (χ1) is 11.3. The van der Waals surface area contributed by atoms with E-state index >= 15 is 4.39 Å². The average molecular weight is 362 g/mol. The minimum absolute atomic E-state index is 0.0165. The van der Waals surface area contributed by atoms with Gasteiger partial charge in [-0.15, -0.1) is 0 Å². The van der Waals surface area contributed by atoms with Crippen LogP contribution in [0.4, 0.5) is 4.39 Å². The minimum Gasteiger partial charge on any atom is -0.391 e. The number of halogens is 1. The number of carbonyl (C=O) groups is 1. The highest BCUT2D eigenvalue weighted by molar-refractivity contribution is 7.88. The van der Waals surface area contributed by atoms with Gasteiger partial charge in [-0.25, -0.2) is 9.11 Å². The van der Waals surface area contributed by atoms with Crippen molar-refractivity contribution in [3.05, 3.63) is 0 Å². The van der Waals surface area contributed by atoms with Gasteiger partial charge in [0.15, 0.2) is 0 Å². The van der Waals surface area contributed by atoms with Crippen LogP contribution in [0.5, 0.6) is 0 Å². The third-order valence-corrected chi connectivity index (χ3v) is 7.24. The molecule has 4 fully saturated rings. The molecule has 6 unspecified atom stereocenters. The summed E-state index contributed by atoms with van der Waals surface area (Å²) < 4.78 is 47.9. The Morgan fingerprint density at radius 2 is 1.88 bits per heavy atom. The maximum absolute atomic E-state index is 15.2. The summed E-state index contributed by atoms with van der Waals surface area (Å²) in [5.41, 5.74) is 0. The molecule has 6 atom stereocenters. The van der Waals surface area contributed by atoms with E-state index in [9.17, 15) is 18.3 Å². The van der Waals surface area contributed by atoms with Crippen LogP contribution < -0.4 is 4.72 Å². The molecule has 0 aromatic carbocycles. The summed E-state index contributed by atoms with van der Waals surface area (Å²) in [6, 6.07) is -1.20. The van der Waals surface area contributed by atoms with Crippen molar-refractivity contribution in [3.63, 3.8) is 0 Å². The van der Waals surface area contributed by atoms with E-state index in [1.54, 1.807) is 0 Å². The number of ether oxygens (including phenoxy) is 1. The number of hydrogen-bond donors (Lipinski definition) is 2. The number of nitrogens with one attached hydrogen (secondary N) is 1. The van der Waals surface area contributed by atoms with Crippen LogP contribution in [0.3, 0.4) is 0 Å². The SMILES string of the molecule is O=C1CN(C2C(O)CC3CCC(OC4CC4)CC3C2F)S(=O)(=O)N1. The number of alkyl halides is 1. The largest absolute Gasteiger partial charge is 0.391 e. The molecule has 0 bridgehead atoms. The Hall–Kier alpha value is -0.770. The second-order valence-corrected chi connectivity index (χ2v) is 9.13. The Bertz CT molecular complexity index is 625. The zero-order valence-electron chi connectivity index (χ0n) is 13.3. The number of nitrogens with zero attached hydrogens (tertiary/aromatic N) is 1. The monoisotopic (exact) mass is 362 g/mol. The molecule has 1 saturated heterocycles. The Morgan fingerprint density at radius 1 is 1.17 bits per heavy atom. The highest BCUT2D eigenvalue weighted by Gasteiger charge is 2.54. The van der Waals surface area contributed by atoms with Gasteiger partial charge in [0.25, 0.3) is 0 Å². The highest BCUT2D eigenvalue weighted by atomic mass is 32.2. The molecule has 0 spiro atoms. The van der Waals surface area contributed by atoms with Gasteiger partial charge in [0.05, 0.1) is 30.9 Å². The van der Waals surface area contributed by atoms with E-state index in [1.807, 2.05) is 4.72 Å². The Kier molecular flexibility index (Phi) is 4.10. The molecular weight excluding hydrogens is 339 g/mol. The second-order valence-electron chi connectivity index (χ2n) is 7.51. The first kappa shape index (κ1) is 16.7. The van der Waals surface area contributed by atoms with E-state index in [0.717, 1.165) is 30.0 Å². The third kappa shape index (κ3) is 2.95. The Balaban J connectivity index is 1.52. The number of carbonyl (C=O) groups excluding carboxylic acids is 1. The van der Waals surface area contributed by atoms with Crippen LogP contribution in [0.2, 0.25) is 0 Å². The summed E-state index contributed by atoms with van der Waals surface area (Å²) >= 11 is 0. The number of aliphatic hydroxyl groups excluding tert-OH is 1. The topological polar surface area (TPSA) is 95.9 Å². The average Bonchev–Trinajstić information content (AvgIpc) is 3.25. The number of rotatable bonds is 3. The number of hydrogen-bond acceptors (Lipinski definition) is 5. The van der Waals surface area contributed by atoms with Crippen LogP contribution in [-0.2, 0) is 19.7 Å². The zero-order valence-corrected chi connectivity index (χ0v) is 14.1. The van der Waals surface area contributed by atoms with E-state index in [0.29, 0.717) is 18.9 Å². The van der Waals surface area contributed by atoms with Gasteiger partial charge in [-0.3, -0.25) is 4.79 Å². The predicted octanol–water partition coefficient (Wildman–Crippen LogP) is 0.0982. The number of aliphatic hydroxyl groups is 1. The lowest BCUT2D eigenvalue weighted by Crippen LogP contribution is -2.59. The van der Waals surface area contributed by atoms with Crippen LogP contribution in [0.25, 0.3) is 0 Å². The fraction of sp³-hybridized carbons (Fsp3) is 0.933. The van der Waals surface area contributed by atoms with Gasteiger partial charge in [-0.1, -0.05) is 0 Å². The molecule has 0 radical (unpaired) electrons. The molecule has 3 saturated carbocycles. The summed E-state index contributed by atoms with van der Waals surface area (Å²) in [5.74, 6) is -0.976. The van der Waals surface area contributed by atoms with Gasteiger partial charge < -0.3 is 9.84 Å². The van der Waals surface area contributed by atoms with Crippen LogP contribution in [0.1, 0.15) is 38.5 Å². The molecule has 4 aliphatic rings. The van der Waals surface area contributed by atoms with Crippen molar-refractivity contribution in [1.82, 2.24) is 9.03 Å². The zero-order chi connectivity index (χ0) is 17.1. The molecule has 4 rings (SSSR count). The van der Waals surface area contributed by atoms with E-state index in [2.05, 4.69) is 0 Å². The second kappa shape index (κ2) is 5.89. The smallest absolute Gasteiger partial charge is 0.304 e. The first-order valence-electron chi connectivity index (χ1n) is 8.65. The van der Waals surface area contributed by atoms with Gasteiger partial charge in [0.2, 0.25) is 5.91 Å². The molecule has 0 aromatic heterocycles. The van der Waals surface area contributed by atoms with Gasteiger partial charge in [0.1, 0.15) is 6.17 Å². The lowest BCUT2D eigenvalue weighted by atomic mass is 9.66. The summed E-state index contributed by atoms with van der Waals surface area (Å²) in [7, 11) is -4.06. The molecule has 1 aliphatic heterocycles. The maximum Gasteiger partial charge on any atom is 0.304 e. The van der Waals surface area contributed by atoms with Crippen LogP contribution in [0, 0.1) is 11.8 Å².